The molecule has 3 aromatic carbocycles. The van der Waals surface area contributed by atoms with Crippen LogP contribution in [-0.4, -0.2) is 24.4 Å². The molecule has 0 fully saturated rings. The van der Waals surface area contributed by atoms with E-state index in [9.17, 15) is 27.6 Å². The number of benzene rings is 3. The normalized spacial score (nSPS) is 16.5. The standard InChI is InChI=1S/C29H23F3O5/c30-29(31,32)24-15-25(23-13-11-20(17-33)12-14-23)28(16-24,26(34)36-18-21-7-3-1-4-8-21)27(35)37-19-22-9-5-2-6-10-22/h1-15,17,25H,16,18-19H2. The first-order valence-corrected chi connectivity index (χ1v) is 11.5. The molecule has 0 amide bonds. The van der Waals surface area contributed by atoms with Gasteiger partial charge in [0.15, 0.2) is 5.41 Å². The van der Waals surface area contributed by atoms with Crippen molar-refractivity contribution in [1.82, 2.24) is 0 Å². The molecule has 5 nitrogen and oxygen atoms in total. The SMILES string of the molecule is O=Cc1ccc(C2C=C(C(F)(F)F)CC2(C(=O)OCc2ccccc2)C(=O)OCc2ccccc2)cc1. The number of aldehydes is 1. The molecular weight excluding hydrogens is 485 g/mol. The second kappa shape index (κ2) is 10.8. The van der Waals surface area contributed by atoms with Crippen LogP contribution in [0.3, 0.4) is 0 Å². The van der Waals surface area contributed by atoms with E-state index in [1.165, 1.54) is 24.3 Å². The minimum Gasteiger partial charge on any atom is -0.460 e. The Labute approximate surface area is 211 Å². The third-order valence-corrected chi connectivity index (χ3v) is 6.32. The van der Waals surface area contributed by atoms with E-state index in [-0.39, 0.29) is 18.8 Å². The molecule has 0 radical (unpaired) electrons. The highest BCUT2D eigenvalue weighted by Crippen LogP contribution is 2.53. The Kier molecular flexibility index (Phi) is 7.57. The highest BCUT2D eigenvalue weighted by molar-refractivity contribution is 6.03. The molecule has 0 aromatic heterocycles. The van der Waals surface area contributed by atoms with E-state index >= 15 is 0 Å². The molecule has 1 aliphatic carbocycles. The molecule has 0 saturated heterocycles. The molecule has 4 rings (SSSR count). The van der Waals surface area contributed by atoms with Gasteiger partial charge in [-0.15, -0.1) is 0 Å². The van der Waals surface area contributed by atoms with Gasteiger partial charge in [0.25, 0.3) is 0 Å². The largest absolute Gasteiger partial charge is 0.460 e. The first kappa shape index (κ1) is 25.9. The van der Waals surface area contributed by atoms with E-state index in [1.807, 2.05) is 0 Å². The van der Waals surface area contributed by atoms with Crippen LogP contribution in [0.15, 0.2) is 96.6 Å². The Morgan fingerprint density at radius 3 is 1.73 bits per heavy atom. The lowest BCUT2D eigenvalue weighted by Crippen LogP contribution is -2.44. The van der Waals surface area contributed by atoms with E-state index in [1.54, 1.807) is 60.7 Å². The lowest BCUT2D eigenvalue weighted by molar-refractivity contribution is -0.175. The molecule has 8 heteroatoms. The molecule has 0 spiro atoms. The minimum atomic E-state index is -4.78. The van der Waals surface area contributed by atoms with Gasteiger partial charge in [0.05, 0.1) is 0 Å². The van der Waals surface area contributed by atoms with E-state index < -0.39 is 41.4 Å². The van der Waals surface area contributed by atoms with Gasteiger partial charge in [-0.25, -0.2) is 0 Å². The van der Waals surface area contributed by atoms with Crippen LogP contribution in [0.1, 0.15) is 39.4 Å². The summed E-state index contributed by atoms with van der Waals surface area (Å²) in [5.41, 5.74) is -1.57. The van der Waals surface area contributed by atoms with Crippen molar-refractivity contribution in [2.24, 2.45) is 5.41 Å². The molecular formula is C29H23F3O5. The molecule has 1 aliphatic rings. The van der Waals surface area contributed by atoms with Crippen molar-refractivity contribution in [1.29, 1.82) is 0 Å². The smallest absolute Gasteiger partial charge is 0.412 e. The van der Waals surface area contributed by atoms with Gasteiger partial charge in [-0.2, -0.15) is 13.2 Å². The molecule has 37 heavy (non-hydrogen) atoms. The molecule has 1 atom stereocenters. The predicted molar refractivity (Wildman–Crippen MR) is 128 cm³/mol. The van der Waals surface area contributed by atoms with Crippen molar-refractivity contribution in [2.75, 3.05) is 0 Å². The quantitative estimate of drug-likeness (QED) is 0.163. The number of carbonyl (C=O) groups excluding carboxylic acids is 3. The van der Waals surface area contributed by atoms with Crippen LogP contribution < -0.4 is 0 Å². The van der Waals surface area contributed by atoms with Crippen LogP contribution in [0.5, 0.6) is 0 Å². The average Bonchev–Trinajstić information content (AvgIpc) is 3.34. The van der Waals surface area contributed by atoms with Crippen molar-refractivity contribution >= 4 is 18.2 Å². The number of alkyl halides is 3. The Balaban J connectivity index is 1.74. The zero-order valence-electron chi connectivity index (χ0n) is 19.6. The third-order valence-electron chi connectivity index (χ3n) is 6.32. The van der Waals surface area contributed by atoms with Gasteiger partial charge in [0.1, 0.15) is 19.5 Å². The van der Waals surface area contributed by atoms with Gasteiger partial charge >= 0.3 is 18.1 Å². The number of hydrogen-bond acceptors (Lipinski definition) is 5. The van der Waals surface area contributed by atoms with Gasteiger partial charge in [0, 0.05) is 23.5 Å². The van der Waals surface area contributed by atoms with Crippen molar-refractivity contribution in [3.63, 3.8) is 0 Å². The van der Waals surface area contributed by atoms with Crippen molar-refractivity contribution < 1.29 is 37.0 Å². The maximum atomic E-state index is 13.9. The number of hydrogen-bond donors (Lipinski definition) is 0. The summed E-state index contributed by atoms with van der Waals surface area (Å²) >= 11 is 0. The number of carbonyl (C=O) groups is 3. The molecule has 0 N–H and O–H groups in total. The number of rotatable bonds is 8. The highest BCUT2D eigenvalue weighted by atomic mass is 19.4. The summed E-state index contributed by atoms with van der Waals surface area (Å²) in [5.74, 6) is -3.56. The van der Waals surface area contributed by atoms with Crippen LogP contribution >= 0.6 is 0 Å². The maximum absolute atomic E-state index is 13.9. The molecule has 0 aliphatic heterocycles. The van der Waals surface area contributed by atoms with Gasteiger partial charge in [-0.05, 0) is 16.7 Å². The van der Waals surface area contributed by atoms with E-state index in [0.717, 1.165) is 6.08 Å². The summed E-state index contributed by atoms with van der Waals surface area (Å²) in [4.78, 5) is 38.3. The molecule has 1 unspecified atom stereocenters. The van der Waals surface area contributed by atoms with Crippen LogP contribution in [0, 0.1) is 5.41 Å². The van der Waals surface area contributed by atoms with E-state index in [0.29, 0.717) is 23.0 Å². The fraction of sp³-hybridized carbons (Fsp3) is 0.207. The highest BCUT2D eigenvalue weighted by Gasteiger charge is 2.61. The van der Waals surface area contributed by atoms with Crippen molar-refractivity contribution in [2.45, 2.75) is 31.7 Å². The first-order valence-electron chi connectivity index (χ1n) is 11.5. The molecule has 0 heterocycles. The topological polar surface area (TPSA) is 69.7 Å². The van der Waals surface area contributed by atoms with E-state index in [4.69, 9.17) is 9.47 Å². The Hall–Kier alpha value is -4.20. The van der Waals surface area contributed by atoms with Crippen molar-refractivity contribution in [3.8, 4) is 0 Å². The van der Waals surface area contributed by atoms with Crippen molar-refractivity contribution in [3.05, 3.63) is 119 Å². The second-order valence-electron chi connectivity index (χ2n) is 8.72. The average molecular weight is 508 g/mol. The van der Waals surface area contributed by atoms with Gasteiger partial charge in [-0.3, -0.25) is 14.4 Å². The minimum absolute atomic E-state index is 0.231. The summed E-state index contributed by atoms with van der Waals surface area (Å²) in [6.45, 7) is -0.461. The van der Waals surface area contributed by atoms with Gasteiger partial charge in [-0.1, -0.05) is 91.0 Å². The van der Waals surface area contributed by atoms with Crippen LogP contribution in [0.2, 0.25) is 0 Å². The fourth-order valence-corrected chi connectivity index (χ4v) is 4.36. The Morgan fingerprint density at radius 1 is 0.811 bits per heavy atom. The Bertz CT molecular complexity index is 1230. The monoisotopic (exact) mass is 508 g/mol. The molecule has 3 aromatic rings. The predicted octanol–water partition coefficient (Wildman–Crippen LogP) is 5.95. The number of ether oxygens (including phenoxy) is 2. The van der Waals surface area contributed by atoms with Gasteiger partial charge < -0.3 is 9.47 Å². The number of halogens is 3. The van der Waals surface area contributed by atoms with E-state index in [2.05, 4.69) is 0 Å². The fourth-order valence-electron chi connectivity index (χ4n) is 4.36. The van der Waals surface area contributed by atoms with Crippen LogP contribution in [-0.2, 0) is 32.3 Å². The zero-order chi connectivity index (χ0) is 26.5. The number of esters is 2. The summed E-state index contributed by atoms with van der Waals surface area (Å²) in [5, 5.41) is 0. The molecule has 0 bridgehead atoms. The summed E-state index contributed by atoms with van der Waals surface area (Å²) in [7, 11) is 0. The first-order chi connectivity index (χ1) is 17.7. The lowest BCUT2D eigenvalue weighted by Gasteiger charge is -2.31. The van der Waals surface area contributed by atoms with Crippen LogP contribution in [0.4, 0.5) is 13.2 Å². The second-order valence-corrected chi connectivity index (χ2v) is 8.72. The van der Waals surface area contributed by atoms with Gasteiger partial charge in [0.2, 0.25) is 0 Å². The molecule has 0 saturated carbocycles. The summed E-state index contributed by atoms with van der Waals surface area (Å²) in [6, 6.07) is 22.9. The third kappa shape index (κ3) is 5.63. The molecule has 190 valence electrons. The number of allylic oxidation sites excluding steroid dienone is 2. The maximum Gasteiger partial charge on any atom is 0.412 e. The summed E-state index contributed by atoms with van der Waals surface area (Å²) in [6.07, 6.45) is -4.24. The summed E-state index contributed by atoms with van der Waals surface area (Å²) < 4.78 is 52.7. The lowest BCUT2D eigenvalue weighted by atomic mass is 9.73. The van der Waals surface area contributed by atoms with Crippen LogP contribution in [0.25, 0.3) is 0 Å². The zero-order valence-corrected chi connectivity index (χ0v) is 19.6. The Morgan fingerprint density at radius 2 is 1.30 bits per heavy atom.